The molecule has 1 aliphatic carbocycles. The molecule has 5 amide bonds. The molecule has 3 saturated heterocycles. The number of halogens is 3. The molecule has 72 heavy (non-hydrogen) atoms. The Hall–Kier alpha value is -6.14. The van der Waals surface area contributed by atoms with E-state index in [9.17, 15) is 19.2 Å². The molecule has 4 N–H and O–H groups in total. The Kier molecular flexibility index (Phi) is 14.0. The number of primary amides is 1. The Labute approximate surface area is 422 Å². The van der Waals surface area contributed by atoms with Gasteiger partial charge in [-0.25, -0.2) is 13.6 Å². The highest BCUT2D eigenvalue weighted by Crippen LogP contribution is 2.56. The number of hydrogen-bond acceptors (Lipinski definition) is 10. The summed E-state index contributed by atoms with van der Waals surface area (Å²) in [7, 11) is 3.38. The number of imide groups is 1. The van der Waals surface area contributed by atoms with E-state index in [1.165, 1.54) is 35.8 Å². The number of benzene rings is 4. The van der Waals surface area contributed by atoms with Gasteiger partial charge in [0.05, 0.1) is 22.7 Å². The summed E-state index contributed by atoms with van der Waals surface area (Å²) in [6.45, 7) is 7.28. The van der Waals surface area contributed by atoms with Crippen LogP contribution < -0.4 is 30.7 Å². The smallest absolute Gasteiger partial charge is 0.329 e. The summed E-state index contributed by atoms with van der Waals surface area (Å²) in [5, 5.41) is 11.3. The summed E-state index contributed by atoms with van der Waals surface area (Å²) in [6.07, 6.45) is 5.40. The Balaban J connectivity index is 0.739. The third-order valence-corrected chi connectivity index (χ3v) is 16.2. The van der Waals surface area contributed by atoms with Gasteiger partial charge in [-0.3, -0.25) is 29.3 Å². The lowest BCUT2D eigenvalue weighted by Crippen LogP contribution is -2.56. The standard InChI is InChI=1S/C54H61ClF2N8O7/c1-31-45-43(26-40(56)48(55)47(45)46-39(50(58)67)15-16-42(49(46)57)71-24-23-70-3)72-54(31,36-7-5-4-6-8-36)30-59-37-12-9-34(10-13-37)52(68)64-28-32(29-64)27-63-20-17-33(18-21-63)35-11-14-38-41(25-35)62(2)61-51(38)65-22-19-44(66)60-53(65)69/h4-8,11,14-16,25-26,31-34,37,59H,9-10,12-13,17-24,27-30H2,1-3H3,(H2,58,67)(H,60,66,69). The second kappa shape index (κ2) is 20.4. The van der Waals surface area contributed by atoms with Crippen LogP contribution in [0.3, 0.4) is 0 Å². The van der Waals surface area contributed by atoms with Crippen LogP contribution in [0.15, 0.2) is 66.7 Å². The molecule has 5 aromatic rings. The first-order chi connectivity index (χ1) is 34.7. The average Bonchev–Trinajstić information content (AvgIpc) is 3.84. The molecule has 380 valence electrons. The van der Waals surface area contributed by atoms with Gasteiger partial charge in [0.25, 0.3) is 0 Å². The highest BCUT2D eigenvalue weighted by molar-refractivity contribution is 6.34. The minimum absolute atomic E-state index is 0.0167. The lowest BCUT2D eigenvalue weighted by Gasteiger charge is -2.45. The van der Waals surface area contributed by atoms with Crippen LogP contribution in [0.4, 0.5) is 19.4 Å². The molecule has 1 aromatic heterocycles. The third kappa shape index (κ3) is 9.28. The molecule has 4 fully saturated rings. The van der Waals surface area contributed by atoms with Crippen molar-refractivity contribution in [3.8, 4) is 22.6 Å². The second-order valence-electron chi connectivity index (χ2n) is 20.1. The van der Waals surface area contributed by atoms with Gasteiger partial charge in [0.2, 0.25) is 17.7 Å². The van der Waals surface area contributed by atoms with E-state index in [1.54, 1.807) is 0 Å². The zero-order valence-corrected chi connectivity index (χ0v) is 41.6. The zero-order chi connectivity index (χ0) is 50.4. The van der Waals surface area contributed by atoms with E-state index in [4.69, 9.17) is 31.5 Å². The number of urea groups is 1. The number of aromatic nitrogens is 2. The first-order valence-corrected chi connectivity index (χ1v) is 25.5. The molecular formula is C54H61ClF2N8O7. The molecule has 2 atom stereocenters. The van der Waals surface area contributed by atoms with Gasteiger partial charge in [0.15, 0.2) is 23.0 Å². The number of nitrogens with two attached hydrogens (primary N) is 1. The van der Waals surface area contributed by atoms with Crippen LogP contribution in [0.2, 0.25) is 5.02 Å². The number of likely N-dealkylation sites (tertiary alicyclic amines) is 2. The van der Waals surface area contributed by atoms with Gasteiger partial charge in [-0.2, -0.15) is 5.10 Å². The van der Waals surface area contributed by atoms with Crippen LogP contribution in [-0.2, 0) is 27.0 Å². The highest BCUT2D eigenvalue weighted by Gasteiger charge is 2.50. The Morgan fingerprint density at radius 1 is 0.958 bits per heavy atom. The minimum atomic E-state index is -1.09. The van der Waals surface area contributed by atoms with Crippen LogP contribution in [0.25, 0.3) is 22.0 Å². The topological polar surface area (TPSA) is 174 Å². The quantitative estimate of drug-likeness (QED) is 0.0886. The zero-order valence-electron chi connectivity index (χ0n) is 40.9. The van der Waals surface area contributed by atoms with E-state index in [-0.39, 0.29) is 76.6 Å². The van der Waals surface area contributed by atoms with Gasteiger partial charge in [0, 0.05) is 105 Å². The van der Waals surface area contributed by atoms with E-state index < -0.39 is 35.1 Å². The number of anilines is 1. The molecule has 4 aromatic carbocycles. The van der Waals surface area contributed by atoms with Crippen molar-refractivity contribution in [1.82, 2.24) is 30.2 Å². The largest absolute Gasteiger partial charge is 0.488 e. The monoisotopic (exact) mass is 1010 g/mol. The SMILES string of the molecule is COCCOc1ccc(C(N)=O)c(-c2c(Cl)c(F)cc3c2C(C)C(CNC2CCC(C(=O)N4CC(CN5CCC(c6ccc7c(N8CCC(=O)NC8=O)nn(C)c7c6)CC5)C4)CC2)(c2ccccc2)O3)c1F. The Morgan fingerprint density at radius 3 is 2.42 bits per heavy atom. The number of ether oxygens (including phenoxy) is 3. The van der Waals surface area contributed by atoms with E-state index in [0.717, 1.165) is 87.7 Å². The maximum absolute atomic E-state index is 16.6. The number of carbonyl (C=O) groups is 4. The molecule has 4 aliphatic heterocycles. The van der Waals surface area contributed by atoms with E-state index in [2.05, 4.69) is 32.8 Å². The predicted octanol–water partition coefficient (Wildman–Crippen LogP) is 7.62. The highest BCUT2D eigenvalue weighted by atomic mass is 35.5. The van der Waals surface area contributed by atoms with Crippen LogP contribution in [0.5, 0.6) is 11.5 Å². The molecule has 10 rings (SSSR count). The molecule has 15 nitrogen and oxygen atoms in total. The molecule has 0 bridgehead atoms. The lowest BCUT2D eigenvalue weighted by molar-refractivity contribution is -0.143. The molecule has 5 aliphatic rings. The molecule has 0 radical (unpaired) electrons. The van der Waals surface area contributed by atoms with Crippen molar-refractivity contribution in [1.29, 1.82) is 0 Å². The molecule has 5 heterocycles. The maximum Gasteiger partial charge on any atom is 0.329 e. The summed E-state index contributed by atoms with van der Waals surface area (Å²) in [4.78, 5) is 57.0. The molecule has 18 heteroatoms. The molecular weight excluding hydrogens is 946 g/mol. The van der Waals surface area contributed by atoms with Crippen LogP contribution >= 0.6 is 11.6 Å². The van der Waals surface area contributed by atoms with E-state index in [1.807, 2.05) is 60.0 Å². The number of piperidine rings is 1. The average molecular weight is 1010 g/mol. The number of aryl methyl sites for hydroxylation is 1. The summed E-state index contributed by atoms with van der Waals surface area (Å²) >= 11 is 6.76. The van der Waals surface area contributed by atoms with Gasteiger partial charge in [-0.1, -0.05) is 54.9 Å². The summed E-state index contributed by atoms with van der Waals surface area (Å²) in [5.74, 6) is -1.82. The van der Waals surface area contributed by atoms with Crippen molar-refractivity contribution < 1.29 is 42.2 Å². The fourth-order valence-electron chi connectivity index (χ4n) is 11.8. The Bertz CT molecular complexity index is 2900. The van der Waals surface area contributed by atoms with Crippen molar-refractivity contribution in [3.05, 3.63) is 106 Å². The number of methoxy groups -OCH3 is 1. The molecule has 2 unspecified atom stereocenters. The van der Waals surface area contributed by atoms with Gasteiger partial charge in [0.1, 0.15) is 18.2 Å². The van der Waals surface area contributed by atoms with Crippen molar-refractivity contribution in [2.24, 2.45) is 24.6 Å². The van der Waals surface area contributed by atoms with Crippen LogP contribution in [-0.4, -0.2) is 116 Å². The van der Waals surface area contributed by atoms with Crippen molar-refractivity contribution >= 4 is 52.1 Å². The van der Waals surface area contributed by atoms with Gasteiger partial charge >= 0.3 is 6.03 Å². The molecule has 1 saturated carbocycles. The Morgan fingerprint density at radius 2 is 1.71 bits per heavy atom. The van der Waals surface area contributed by atoms with Crippen LogP contribution in [0, 0.1) is 23.5 Å². The number of carbonyl (C=O) groups excluding carboxylic acids is 4. The van der Waals surface area contributed by atoms with Gasteiger partial charge in [-0.15, -0.1) is 0 Å². The first kappa shape index (κ1) is 49.4. The number of hydrogen-bond donors (Lipinski definition) is 3. The van der Waals surface area contributed by atoms with Crippen molar-refractivity contribution in [2.75, 3.05) is 71.0 Å². The fraction of sp³-hybridized carbons (Fsp3) is 0.463. The number of rotatable bonds is 15. The predicted molar refractivity (Wildman–Crippen MR) is 268 cm³/mol. The second-order valence-corrected chi connectivity index (χ2v) is 20.5. The number of fused-ring (bicyclic) bond motifs is 2. The van der Waals surface area contributed by atoms with Crippen molar-refractivity contribution in [3.63, 3.8) is 0 Å². The lowest BCUT2D eigenvalue weighted by atomic mass is 9.77. The summed E-state index contributed by atoms with van der Waals surface area (Å²) in [6, 6.07) is 19.5. The van der Waals surface area contributed by atoms with E-state index >= 15 is 8.78 Å². The normalized spacial score (nSPS) is 22.9. The van der Waals surface area contributed by atoms with Gasteiger partial charge in [-0.05, 0) is 92.9 Å². The van der Waals surface area contributed by atoms with Crippen LogP contribution in [0.1, 0.15) is 90.8 Å². The third-order valence-electron chi connectivity index (χ3n) is 15.8. The van der Waals surface area contributed by atoms with Crippen molar-refractivity contribution in [2.45, 2.75) is 75.3 Å². The summed E-state index contributed by atoms with van der Waals surface area (Å²) in [5.41, 5.74) is 7.74. The molecule has 0 spiro atoms. The number of amides is 5. The maximum atomic E-state index is 16.6. The van der Waals surface area contributed by atoms with Gasteiger partial charge < -0.3 is 35.1 Å². The first-order valence-electron chi connectivity index (χ1n) is 25.1. The number of nitrogens with zero attached hydrogens (tertiary/aromatic N) is 5. The minimum Gasteiger partial charge on any atom is -0.488 e. The fourth-order valence-corrected chi connectivity index (χ4v) is 12.1. The van der Waals surface area contributed by atoms with E-state index in [0.29, 0.717) is 36.3 Å². The summed E-state index contributed by atoms with van der Waals surface area (Å²) < 4.78 is 51.9. The number of nitrogens with one attached hydrogen (secondary N) is 2.